The zero-order valence-corrected chi connectivity index (χ0v) is 14.0. The molecule has 0 unspecified atom stereocenters. The van der Waals surface area contributed by atoms with Crippen LogP contribution in [0.1, 0.15) is 64.9 Å². The predicted octanol–water partition coefficient (Wildman–Crippen LogP) is 6.01. The van der Waals surface area contributed by atoms with Crippen LogP contribution in [0.3, 0.4) is 0 Å². The Balaban J connectivity index is 1.84. The molecule has 2 aliphatic rings. The zero-order valence-electron chi connectivity index (χ0n) is 14.0. The smallest absolute Gasteiger partial charge is 0.0934 e. The Bertz CT molecular complexity index is 500. The lowest BCUT2D eigenvalue weighted by atomic mass is 9.46. The van der Waals surface area contributed by atoms with Gasteiger partial charge in [0.1, 0.15) is 0 Å². The van der Waals surface area contributed by atoms with Crippen LogP contribution in [0.5, 0.6) is 0 Å². The van der Waals surface area contributed by atoms with Gasteiger partial charge in [-0.25, -0.2) is 0 Å². The molecule has 0 aromatic carbocycles. The minimum Gasteiger partial charge on any atom is -0.472 e. The molecule has 1 aromatic rings. The van der Waals surface area contributed by atoms with Crippen LogP contribution in [-0.2, 0) is 6.42 Å². The zero-order chi connectivity index (χ0) is 15.1. The summed E-state index contributed by atoms with van der Waals surface area (Å²) in [5, 5.41) is 0. The number of aryl methyl sites for hydroxylation is 1. The van der Waals surface area contributed by atoms with Crippen LogP contribution in [0.4, 0.5) is 0 Å². The normalized spacial score (nSPS) is 40.0. The maximum absolute atomic E-state index is 5.24. The van der Waals surface area contributed by atoms with Crippen LogP contribution in [0.2, 0.25) is 0 Å². The second kappa shape index (κ2) is 5.34. The van der Waals surface area contributed by atoms with E-state index in [1.807, 2.05) is 6.26 Å². The van der Waals surface area contributed by atoms with E-state index in [1.54, 1.807) is 6.26 Å². The van der Waals surface area contributed by atoms with Crippen molar-refractivity contribution in [2.24, 2.45) is 22.7 Å². The molecule has 0 amide bonds. The van der Waals surface area contributed by atoms with Gasteiger partial charge in [-0.1, -0.05) is 32.9 Å². The van der Waals surface area contributed by atoms with Crippen LogP contribution in [0, 0.1) is 22.7 Å². The van der Waals surface area contributed by atoms with Gasteiger partial charge in [-0.05, 0) is 79.2 Å². The number of allylic oxidation sites excluding steroid dienone is 1. The molecule has 1 heteroatoms. The van der Waals surface area contributed by atoms with Gasteiger partial charge in [-0.15, -0.1) is 0 Å². The summed E-state index contributed by atoms with van der Waals surface area (Å²) in [5.41, 5.74) is 3.70. The Morgan fingerprint density at radius 1 is 1.33 bits per heavy atom. The van der Waals surface area contributed by atoms with E-state index in [0.29, 0.717) is 10.8 Å². The first-order valence-electron chi connectivity index (χ1n) is 8.66. The molecule has 2 aliphatic carbocycles. The first-order chi connectivity index (χ1) is 9.97. The number of furan rings is 1. The molecule has 0 radical (unpaired) electrons. The summed E-state index contributed by atoms with van der Waals surface area (Å²) in [6.45, 7) is 12.0. The predicted molar refractivity (Wildman–Crippen MR) is 88.1 cm³/mol. The van der Waals surface area contributed by atoms with Crippen molar-refractivity contribution in [1.82, 2.24) is 0 Å². The van der Waals surface area contributed by atoms with Gasteiger partial charge in [0.15, 0.2) is 0 Å². The maximum Gasteiger partial charge on any atom is 0.0934 e. The molecule has 0 bridgehead atoms. The van der Waals surface area contributed by atoms with Gasteiger partial charge in [0.25, 0.3) is 0 Å². The number of hydrogen-bond donors (Lipinski definition) is 0. The van der Waals surface area contributed by atoms with Crippen molar-refractivity contribution in [3.05, 3.63) is 36.3 Å². The van der Waals surface area contributed by atoms with Crippen LogP contribution in [0.15, 0.2) is 35.2 Å². The van der Waals surface area contributed by atoms with E-state index in [4.69, 9.17) is 4.42 Å². The Labute approximate surface area is 129 Å². The Hall–Kier alpha value is -0.980. The van der Waals surface area contributed by atoms with Crippen LogP contribution in [0.25, 0.3) is 0 Å². The average Bonchev–Trinajstić information content (AvgIpc) is 2.97. The van der Waals surface area contributed by atoms with Crippen LogP contribution in [-0.4, -0.2) is 0 Å². The molecule has 21 heavy (non-hydrogen) atoms. The van der Waals surface area contributed by atoms with Crippen molar-refractivity contribution in [1.29, 1.82) is 0 Å². The van der Waals surface area contributed by atoms with Gasteiger partial charge >= 0.3 is 0 Å². The fraction of sp³-hybridized carbons (Fsp3) is 0.700. The van der Waals surface area contributed by atoms with Gasteiger partial charge in [0.2, 0.25) is 0 Å². The van der Waals surface area contributed by atoms with Crippen molar-refractivity contribution < 1.29 is 4.42 Å². The van der Waals surface area contributed by atoms with Crippen molar-refractivity contribution in [2.45, 2.75) is 65.7 Å². The number of fused-ring (bicyclic) bond motifs is 1. The van der Waals surface area contributed by atoms with Crippen molar-refractivity contribution in [2.75, 3.05) is 0 Å². The fourth-order valence-electron chi connectivity index (χ4n) is 5.24. The van der Waals surface area contributed by atoms with Crippen molar-refractivity contribution in [3.8, 4) is 0 Å². The van der Waals surface area contributed by atoms with E-state index in [2.05, 4.69) is 33.4 Å². The average molecular weight is 286 g/mol. The van der Waals surface area contributed by atoms with Crippen LogP contribution >= 0.6 is 0 Å². The van der Waals surface area contributed by atoms with Crippen LogP contribution < -0.4 is 0 Å². The van der Waals surface area contributed by atoms with Gasteiger partial charge in [0, 0.05) is 0 Å². The fourth-order valence-corrected chi connectivity index (χ4v) is 5.24. The second-order valence-electron chi connectivity index (χ2n) is 8.04. The molecular weight excluding hydrogens is 256 g/mol. The van der Waals surface area contributed by atoms with Gasteiger partial charge in [-0.2, -0.15) is 0 Å². The molecule has 1 nitrogen and oxygen atoms in total. The summed E-state index contributed by atoms with van der Waals surface area (Å²) >= 11 is 0. The quantitative estimate of drug-likeness (QED) is 0.620. The minimum absolute atomic E-state index is 0.385. The molecule has 1 aromatic heterocycles. The minimum atomic E-state index is 0.385. The summed E-state index contributed by atoms with van der Waals surface area (Å²) in [5.74, 6) is 1.62. The molecule has 0 aliphatic heterocycles. The SMILES string of the molecule is C=C1CCC[C@H]2[C@](C)(CCc3ccoc3)[C@@H](C)CC[C@]12C. The highest BCUT2D eigenvalue weighted by Crippen LogP contribution is 2.62. The summed E-state index contributed by atoms with van der Waals surface area (Å²) in [6, 6.07) is 2.12. The Morgan fingerprint density at radius 2 is 2.14 bits per heavy atom. The highest BCUT2D eigenvalue weighted by molar-refractivity contribution is 5.19. The second-order valence-corrected chi connectivity index (χ2v) is 8.04. The third-order valence-corrected chi connectivity index (χ3v) is 7.10. The molecule has 0 spiro atoms. The molecular formula is C20H30O. The van der Waals surface area contributed by atoms with E-state index >= 15 is 0 Å². The molecule has 1 heterocycles. The summed E-state index contributed by atoms with van der Waals surface area (Å²) < 4.78 is 5.24. The molecule has 4 atom stereocenters. The molecule has 2 saturated carbocycles. The Morgan fingerprint density at radius 3 is 2.86 bits per heavy atom. The molecule has 3 rings (SSSR count). The van der Waals surface area contributed by atoms with E-state index in [0.717, 1.165) is 18.3 Å². The lowest BCUT2D eigenvalue weighted by Gasteiger charge is -2.59. The number of rotatable bonds is 3. The summed E-state index contributed by atoms with van der Waals surface area (Å²) in [7, 11) is 0. The number of hydrogen-bond acceptors (Lipinski definition) is 1. The van der Waals surface area contributed by atoms with Gasteiger partial charge in [0.05, 0.1) is 12.5 Å². The third kappa shape index (κ3) is 2.39. The first-order valence-corrected chi connectivity index (χ1v) is 8.66. The Kier molecular flexibility index (Phi) is 3.80. The van der Waals surface area contributed by atoms with Crippen molar-refractivity contribution >= 4 is 0 Å². The van der Waals surface area contributed by atoms with E-state index < -0.39 is 0 Å². The van der Waals surface area contributed by atoms with E-state index in [9.17, 15) is 0 Å². The highest BCUT2D eigenvalue weighted by atomic mass is 16.3. The highest BCUT2D eigenvalue weighted by Gasteiger charge is 2.53. The first kappa shape index (κ1) is 14.9. The summed E-state index contributed by atoms with van der Waals surface area (Å²) in [6.07, 6.45) is 12.8. The molecule has 0 saturated heterocycles. The lowest BCUT2D eigenvalue weighted by molar-refractivity contribution is -0.0543. The molecule has 0 N–H and O–H groups in total. The van der Waals surface area contributed by atoms with E-state index in [1.165, 1.54) is 49.7 Å². The molecule has 116 valence electrons. The lowest BCUT2D eigenvalue weighted by Crippen LogP contribution is -2.50. The summed E-state index contributed by atoms with van der Waals surface area (Å²) in [4.78, 5) is 0. The maximum atomic E-state index is 5.24. The topological polar surface area (TPSA) is 13.1 Å². The standard InChI is InChI=1S/C20H30O/c1-15-6-5-7-18-19(15,3)11-8-16(2)20(18,4)12-9-17-10-13-21-14-17/h10,13-14,16,18H,1,5-9,11-12H2,2-4H3/t16-,18+,19+,20+/m0/s1. The largest absolute Gasteiger partial charge is 0.472 e. The van der Waals surface area contributed by atoms with Gasteiger partial charge < -0.3 is 4.42 Å². The molecule has 2 fully saturated rings. The third-order valence-electron chi connectivity index (χ3n) is 7.10. The monoisotopic (exact) mass is 286 g/mol. The van der Waals surface area contributed by atoms with Gasteiger partial charge in [-0.3, -0.25) is 0 Å². The van der Waals surface area contributed by atoms with Crippen molar-refractivity contribution in [3.63, 3.8) is 0 Å². The van der Waals surface area contributed by atoms with E-state index in [-0.39, 0.29) is 0 Å².